The molecular formula is C25H36N6O3S. The minimum Gasteiger partial charge on any atom is -0.394 e. The van der Waals surface area contributed by atoms with Gasteiger partial charge in [0.15, 0.2) is 0 Å². The number of rotatable bonds is 8. The van der Waals surface area contributed by atoms with Crippen LogP contribution in [-0.4, -0.2) is 66.7 Å². The highest BCUT2D eigenvalue weighted by Crippen LogP contribution is 2.39. The third-order valence-corrected chi connectivity index (χ3v) is 7.68. The molecule has 0 amide bonds. The van der Waals surface area contributed by atoms with Gasteiger partial charge in [0.2, 0.25) is 5.95 Å². The third kappa shape index (κ3) is 5.72. The van der Waals surface area contributed by atoms with Crippen molar-refractivity contribution in [3.63, 3.8) is 0 Å². The summed E-state index contributed by atoms with van der Waals surface area (Å²) >= 11 is 1.58. The van der Waals surface area contributed by atoms with Crippen molar-refractivity contribution >= 4 is 33.3 Å². The zero-order valence-corrected chi connectivity index (χ0v) is 21.6. The van der Waals surface area contributed by atoms with E-state index in [0.717, 1.165) is 38.7 Å². The van der Waals surface area contributed by atoms with Crippen LogP contribution in [0.3, 0.4) is 0 Å². The molecule has 10 heteroatoms. The van der Waals surface area contributed by atoms with Gasteiger partial charge in [-0.15, -0.1) is 11.3 Å². The lowest BCUT2D eigenvalue weighted by Gasteiger charge is -2.20. The zero-order valence-electron chi connectivity index (χ0n) is 20.8. The second-order valence-corrected chi connectivity index (χ2v) is 10.3. The Morgan fingerprint density at radius 1 is 1.11 bits per heavy atom. The van der Waals surface area contributed by atoms with Crippen LogP contribution in [0.25, 0.3) is 20.8 Å². The molecule has 0 aliphatic heterocycles. The number of pyridine rings is 1. The van der Waals surface area contributed by atoms with Crippen LogP contribution >= 0.6 is 11.3 Å². The Labute approximate surface area is 210 Å². The molecule has 190 valence electrons. The van der Waals surface area contributed by atoms with Crippen LogP contribution in [0.1, 0.15) is 50.9 Å². The highest BCUT2D eigenvalue weighted by Gasteiger charge is 2.38. The van der Waals surface area contributed by atoms with Crippen LogP contribution < -0.4 is 10.6 Å². The van der Waals surface area contributed by atoms with E-state index < -0.39 is 12.2 Å². The van der Waals surface area contributed by atoms with Crippen LogP contribution in [0.5, 0.6) is 0 Å². The molecule has 2 aliphatic carbocycles. The number of aromatic nitrogens is 4. The lowest BCUT2D eigenvalue weighted by molar-refractivity contribution is -0.00104. The molecular weight excluding hydrogens is 464 g/mol. The molecule has 0 spiro atoms. The fraction of sp³-hybridized carbons (Fsp3) is 0.600. The van der Waals surface area contributed by atoms with Crippen molar-refractivity contribution in [2.24, 2.45) is 11.8 Å². The van der Waals surface area contributed by atoms with Crippen LogP contribution in [0.2, 0.25) is 0 Å². The topological polar surface area (TPSA) is 136 Å². The Kier molecular flexibility index (Phi) is 8.16. The van der Waals surface area contributed by atoms with Crippen molar-refractivity contribution < 1.29 is 15.3 Å². The van der Waals surface area contributed by atoms with Gasteiger partial charge >= 0.3 is 0 Å². The molecule has 3 unspecified atom stereocenters. The molecule has 3 aromatic rings. The second-order valence-electron chi connectivity index (χ2n) is 9.24. The molecule has 0 aromatic carbocycles. The molecule has 4 atom stereocenters. The van der Waals surface area contributed by atoms with Crippen LogP contribution in [-0.2, 0) is 0 Å². The molecule has 2 aliphatic rings. The van der Waals surface area contributed by atoms with E-state index in [-0.39, 0.29) is 18.6 Å². The van der Waals surface area contributed by atoms with Gasteiger partial charge in [0.25, 0.3) is 0 Å². The van der Waals surface area contributed by atoms with Gasteiger partial charge < -0.3 is 26.0 Å². The van der Waals surface area contributed by atoms with Crippen molar-refractivity contribution in [1.82, 2.24) is 19.9 Å². The monoisotopic (exact) mass is 500 g/mol. The number of fused-ring (bicyclic) bond motifs is 1. The summed E-state index contributed by atoms with van der Waals surface area (Å²) in [5.41, 5.74) is 3.42. The molecule has 3 aromatic heterocycles. The number of aliphatic hydroxyl groups excluding tert-OH is 3. The molecule has 3 heterocycles. The number of aryl methyl sites for hydroxylation is 2. The quantitative estimate of drug-likeness (QED) is 0.315. The van der Waals surface area contributed by atoms with Crippen molar-refractivity contribution in [3.8, 4) is 10.6 Å². The number of nitrogens with one attached hydrogen (secondary N) is 2. The molecule has 0 radical (unpaired) electrons. The maximum Gasteiger partial charge on any atom is 0.224 e. The number of aliphatic hydroxyl groups is 3. The summed E-state index contributed by atoms with van der Waals surface area (Å²) in [5.74, 6) is 1.56. The summed E-state index contributed by atoms with van der Waals surface area (Å²) in [6.07, 6.45) is 3.66. The molecule has 5 N–H and O–H groups in total. The van der Waals surface area contributed by atoms with Gasteiger partial charge in [0, 0.05) is 24.7 Å². The minimum atomic E-state index is -0.936. The SMILES string of the molecule is CC.Cc1nc(NCC2CC2)nc(NC2CC(C(O)CO)[C@@H](O)C2)c1-c1nc2c(C)nccc2s1. The van der Waals surface area contributed by atoms with Gasteiger partial charge in [-0.05, 0) is 51.5 Å². The maximum atomic E-state index is 10.4. The summed E-state index contributed by atoms with van der Waals surface area (Å²) in [7, 11) is 0. The van der Waals surface area contributed by atoms with E-state index in [1.165, 1.54) is 12.8 Å². The highest BCUT2D eigenvalue weighted by molar-refractivity contribution is 7.21. The molecule has 0 bridgehead atoms. The summed E-state index contributed by atoms with van der Waals surface area (Å²) in [4.78, 5) is 18.7. The average Bonchev–Trinajstić information content (AvgIpc) is 3.47. The Hall–Kier alpha value is -2.40. The average molecular weight is 501 g/mol. The van der Waals surface area contributed by atoms with E-state index in [9.17, 15) is 15.3 Å². The van der Waals surface area contributed by atoms with Crippen molar-refractivity contribution in [2.75, 3.05) is 23.8 Å². The molecule has 2 saturated carbocycles. The molecule has 35 heavy (non-hydrogen) atoms. The summed E-state index contributed by atoms with van der Waals surface area (Å²) in [6.45, 7) is 8.41. The molecule has 9 nitrogen and oxygen atoms in total. The Morgan fingerprint density at radius 3 is 2.57 bits per heavy atom. The predicted molar refractivity (Wildman–Crippen MR) is 140 cm³/mol. The van der Waals surface area contributed by atoms with Gasteiger partial charge in [0.05, 0.1) is 40.5 Å². The lowest BCUT2D eigenvalue weighted by atomic mass is 9.99. The normalized spacial score (nSPS) is 22.5. The molecule has 0 saturated heterocycles. The van der Waals surface area contributed by atoms with Gasteiger partial charge in [0.1, 0.15) is 16.3 Å². The Morgan fingerprint density at radius 2 is 1.89 bits per heavy atom. The van der Waals surface area contributed by atoms with E-state index in [0.29, 0.717) is 30.5 Å². The first-order valence-electron chi connectivity index (χ1n) is 12.5. The lowest BCUT2D eigenvalue weighted by Crippen LogP contribution is -2.30. The summed E-state index contributed by atoms with van der Waals surface area (Å²) in [5, 5.41) is 37.5. The van der Waals surface area contributed by atoms with Gasteiger partial charge in [-0.3, -0.25) is 4.98 Å². The largest absolute Gasteiger partial charge is 0.394 e. The zero-order chi connectivity index (χ0) is 25.1. The maximum absolute atomic E-state index is 10.4. The van der Waals surface area contributed by atoms with Crippen LogP contribution in [0.4, 0.5) is 11.8 Å². The number of anilines is 2. The first-order chi connectivity index (χ1) is 16.9. The van der Waals surface area contributed by atoms with Gasteiger partial charge in [-0.25, -0.2) is 9.97 Å². The smallest absolute Gasteiger partial charge is 0.224 e. The van der Waals surface area contributed by atoms with E-state index in [4.69, 9.17) is 15.0 Å². The van der Waals surface area contributed by atoms with Crippen LogP contribution in [0.15, 0.2) is 12.3 Å². The fourth-order valence-corrected chi connectivity index (χ4v) is 5.68. The minimum absolute atomic E-state index is 0.0895. The van der Waals surface area contributed by atoms with E-state index in [1.807, 2.05) is 33.8 Å². The summed E-state index contributed by atoms with van der Waals surface area (Å²) < 4.78 is 1.06. The molecule has 5 rings (SSSR count). The van der Waals surface area contributed by atoms with Crippen molar-refractivity contribution in [3.05, 3.63) is 23.7 Å². The van der Waals surface area contributed by atoms with Crippen molar-refractivity contribution in [2.45, 2.75) is 71.6 Å². The fourth-order valence-electron chi connectivity index (χ4n) is 4.57. The molecule has 2 fully saturated rings. The van der Waals surface area contributed by atoms with E-state index in [1.54, 1.807) is 17.5 Å². The number of nitrogens with zero attached hydrogens (tertiary/aromatic N) is 4. The van der Waals surface area contributed by atoms with Crippen LogP contribution in [0, 0.1) is 25.7 Å². The highest BCUT2D eigenvalue weighted by atomic mass is 32.1. The second kappa shape index (κ2) is 11.1. The number of hydrogen-bond acceptors (Lipinski definition) is 10. The summed E-state index contributed by atoms with van der Waals surface area (Å²) in [6, 6.07) is 1.88. The Bertz CT molecular complexity index is 1150. The first-order valence-corrected chi connectivity index (χ1v) is 13.3. The van der Waals surface area contributed by atoms with Gasteiger partial charge in [-0.2, -0.15) is 4.98 Å². The standard InChI is InChI=1S/C23H30N6O3S.C2H6/c1-11-19(22-28-20-12(2)24-6-5-18(20)33-22)21(29-23(26-11)25-9-13-3-4-13)27-14-7-15(16(31)8-14)17(32)10-30;1-2/h5-6,13-17,30-32H,3-4,7-10H2,1-2H3,(H2,25,26,27,29);1-2H3/t14?,15?,16-,17?;/m0./s1. The van der Waals surface area contributed by atoms with Gasteiger partial charge in [-0.1, -0.05) is 13.8 Å². The first kappa shape index (κ1) is 25.7. The number of thiazole rings is 1. The Balaban J connectivity index is 0.00000141. The predicted octanol–water partition coefficient (Wildman–Crippen LogP) is 3.52. The number of hydrogen-bond donors (Lipinski definition) is 5. The van der Waals surface area contributed by atoms with Crippen molar-refractivity contribution in [1.29, 1.82) is 0 Å². The van der Waals surface area contributed by atoms with E-state index >= 15 is 0 Å². The van der Waals surface area contributed by atoms with E-state index in [2.05, 4.69) is 15.6 Å². The third-order valence-electron chi connectivity index (χ3n) is 6.64.